The van der Waals surface area contributed by atoms with Gasteiger partial charge < -0.3 is 14.8 Å². The summed E-state index contributed by atoms with van der Waals surface area (Å²) in [6.45, 7) is 0. The maximum Gasteiger partial charge on any atom is 0.235 e. The summed E-state index contributed by atoms with van der Waals surface area (Å²) in [5.41, 5.74) is 1.21. The number of halogens is 1. The van der Waals surface area contributed by atoms with Gasteiger partial charge in [-0.2, -0.15) is 0 Å². The second kappa shape index (κ2) is 8.00. The molecule has 5 heteroatoms. The highest BCUT2D eigenvalue weighted by Gasteiger charge is 2.41. The van der Waals surface area contributed by atoms with Crippen LogP contribution in [0.3, 0.4) is 0 Å². The van der Waals surface area contributed by atoms with E-state index in [1.165, 1.54) is 6.42 Å². The Morgan fingerprint density at radius 3 is 2.23 bits per heavy atom. The molecule has 1 N–H and O–H groups in total. The minimum absolute atomic E-state index is 0.0201. The number of carbonyl (C=O) groups excluding carboxylic acids is 1. The van der Waals surface area contributed by atoms with Gasteiger partial charge in [-0.3, -0.25) is 4.79 Å². The molecule has 0 saturated heterocycles. The van der Waals surface area contributed by atoms with E-state index in [1.54, 1.807) is 26.4 Å². The van der Waals surface area contributed by atoms with Crippen molar-refractivity contribution in [3.63, 3.8) is 0 Å². The lowest BCUT2D eigenvalue weighted by Gasteiger charge is -2.36. The zero-order valence-corrected chi connectivity index (χ0v) is 15.9. The van der Waals surface area contributed by atoms with Gasteiger partial charge in [0.1, 0.15) is 0 Å². The number of nitrogens with one attached hydrogen (secondary N) is 1. The van der Waals surface area contributed by atoms with Crippen molar-refractivity contribution in [2.45, 2.75) is 37.5 Å². The molecule has 0 spiro atoms. The molecule has 26 heavy (non-hydrogen) atoms. The summed E-state index contributed by atoms with van der Waals surface area (Å²) in [5, 5.41) is 3.76. The fourth-order valence-corrected chi connectivity index (χ4v) is 3.86. The molecule has 3 rings (SSSR count). The molecule has 1 saturated carbocycles. The van der Waals surface area contributed by atoms with Gasteiger partial charge in [0.2, 0.25) is 5.91 Å². The van der Waals surface area contributed by atoms with E-state index in [4.69, 9.17) is 21.1 Å². The summed E-state index contributed by atoms with van der Waals surface area (Å²) >= 11 is 6.04. The Labute approximate surface area is 159 Å². The molecule has 0 bridgehead atoms. The van der Waals surface area contributed by atoms with Crippen molar-refractivity contribution in [2.75, 3.05) is 19.5 Å². The van der Waals surface area contributed by atoms with Gasteiger partial charge in [-0.25, -0.2) is 0 Å². The van der Waals surface area contributed by atoms with E-state index in [2.05, 4.69) is 5.32 Å². The smallest absolute Gasteiger partial charge is 0.235 e. The molecule has 4 nitrogen and oxygen atoms in total. The Kier molecular flexibility index (Phi) is 5.72. The molecule has 1 fully saturated rings. The minimum Gasteiger partial charge on any atom is -0.493 e. The molecule has 138 valence electrons. The lowest BCUT2D eigenvalue weighted by Crippen LogP contribution is -2.42. The van der Waals surface area contributed by atoms with Gasteiger partial charge in [0.05, 0.1) is 19.6 Å². The molecule has 1 amide bonds. The fraction of sp³-hybridized carbons (Fsp3) is 0.381. The Balaban J connectivity index is 1.90. The number of hydrogen-bond acceptors (Lipinski definition) is 3. The first kappa shape index (κ1) is 18.6. The van der Waals surface area contributed by atoms with Crippen molar-refractivity contribution >= 4 is 23.2 Å². The lowest BCUT2D eigenvalue weighted by atomic mass is 9.68. The summed E-state index contributed by atoms with van der Waals surface area (Å²) in [6.07, 6.45) is 4.93. The minimum atomic E-state index is -0.518. The van der Waals surface area contributed by atoms with Crippen molar-refractivity contribution in [3.8, 4) is 11.5 Å². The van der Waals surface area contributed by atoms with E-state index in [1.807, 2.05) is 30.3 Å². The lowest BCUT2D eigenvalue weighted by molar-refractivity contribution is -0.122. The first-order valence-corrected chi connectivity index (χ1v) is 9.26. The number of ether oxygens (including phenoxy) is 2. The van der Waals surface area contributed by atoms with Crippen molar-refractivity contribution in [1.29, 1.82) is 0 Å². The summed E-state index contributed by atoms with van der Waals surface area (Å²) in [6, 6.07) is 13.1. The highest BCUT2D eigenvalue weighted by Crippen LogP contribution is 2.41. The molecule has 1 aliphatic rings. The zero-order chi connectivity index (χ0) is 18.6. The number of carbonyl (C=O) groups is 1. The highest BCUT2D eigenvalue weighted by molar-refractivity contribution is 6.30. The van der Waals surface area contributed by atoms with Crippen molar-refractivity contribution in [1.82, 2.24) is 0 Å². The van der Waals surface area contributed by atoms with Gasteiger partial charge in [0.25, 0.3) is 0 Å². The molecule has 0 radical (unpaired) electrons. The Hall–Kier alpha value is -2.20. The van der Waals surface area contributed by atoms with E-state index in [9.17, 15) is 4.79 Å². The number of benzene rings is 2. The molecule has 2 aromatic rings. The van der Waals surface area contributed by atoms with E-state index in [0.29, 0.717) is 22.2 Å². The van der Waals surface area contributed by atoms with E-state index in [-0.39, 0.29) is 5.91 Å². The largest absolute Gasteiger partial charge is 0.493 e. The molecule has 0 atom stereocenters. The van der Waals surface area contributed by atoms with E-state index < -0.39 is 5.41 Å². The Bertz CT molecular complexity index is 767. The molecule has 0 aliphatic heterocycles. The van der Waals surface area contributed by atoms with E-state index >= 15 is 0 Å². The van der Waals surface area contributed by atoms with Crippen LogP contribution in [0, 0.1) is 0 Å². The standard InChI is InChI=1S/C21H24ClNO3/c1-25-18-11-10-17(14-19(18)26-2)23-20(24)21(12-4-3-5-13-21)15-6-8-16(22)9-7-15/h6-11,14H,3-5,12-13H2,1-2H3,(H,23,24). The van der Waals surface area contributed by atoms with Gasteiger partial charge in [-0.1, -0.05) is 43.0 Å². The van der Waals surface area contributed by atoms with Crippen LogP contribution in [0.2, 0.25) is 5.02 Å². The van der Waals surface area contributed by atoms with Crippen LogP contribution >= 0.6 is 11.6 Å². The fourth-order valence-electron chi connectivity index (χ4n) is 3.74. The highest BCUT2D eigenvalue weighted by atomic mass is 35.5. The third-order valence-electron chi connectivity index (χ3n) is 5.18. The monoisotopic (exact) mass is 373 g/mol. The van der Waals surface area contributed by atoms with Crippen molar-refractivity contribution < 1.29 is 14.3 Å². The van der Waals surface area contributed by atoms with Crippen LogP contribution in [0.5, 0.6) is 11.5 Å². The quantitative estimate of drug-likeness (QED) is 0.783. The second-order valence-corrected chi connectivity index (χ2v) is 7.11. The predicted molar refractivity (Wildman–Crippen MR) is 104 cm³/mol. The van der Waals surface area contributed by atoms with Gasteiger partial charge in [0.15, 0.2) is 11.5 Å². The molecule has 0 heterocycles. The summed E-state index contributed by atoms with van der Waals surface area (Å²) < 4.78 is 10.6. The van der Waals surface area contributed by atoms with Crippen LogP contribution in [0.25, 0.3) is 0 Å². The van der Waals surface area contributed by atoms with Gasteiger partial charge in [0, 0.05) is 16.8 Å². The van der Waals surface area contributed by atoms with Crippen LogP contribution in [0.4, 0.5) is 5.69 Å². The number of amides is 1. The molecule has 1 aliphatic carbocycles. The summed E-state index contributed by atoms with van der Waals surface area (Å²) in [4.78, 5) is 13.3. The van der Waals surface area contributed by atoms with Gasteiger partial charge >= 0.3 is 0 Å². The van der Waals surface area contributed by atoms with Crippen LogP contribution < -0.4 is 14.8 Å². The van der Waals surface area contributed by atoms with Crippen molar-refractivity contribution in [2.24, 2.45) is 0 Å². The molecular weight excluding hydrogens is 350 g/mol. The van der Waals surface area contributed by atoms with Crippen LogP contribution in [-0.4, -0.2) is 20.1 Å². The SMILES string of the molecule is COc1ccc(NC(=O)C2(c3ccc(Cl)cc3)CCCCC2)cc1OC. The Morgan fingerprint density at radius 1 is 0.962 bits per heavy atom. The van der Waals surface area contributed by atoms with Crippen molar-refractivity contribution in [3.05, 3.63) is 53.1 Å². The van der Waals surface area contributed by atoms with Gasteiger partial charge in [-0.15, -0.1) is 0 Å². The molecule has 0 aromatic heterocycles. The number of anilines is 1. The maximum atomic E-state index is 13.3. The molecular formula is C21H24ClNO3. The van der Waals surface area contributed by atoms with Crippen LogP contribution in [0.15, 0.2) is 42.5 Å². The summed E-state index contributed by atoms with van der Waals surface area (Å²) in [7, 11) is 3.17. The van der Waals surface area contributed by atoms with E-state index in [0.717, 1.165) is 31.2 Å². The maximum absolute atomic E-state index is 13.3. The normalized spacial score (nSPS) is 16.0. The van der Waals surface area contributed by atoms with Crippen LogP contribution in [0.1, 0.15) is 37.7 Å². The average molecular weight is 374 g/mol. The third kappa shape index (κ3) is 3.65. The number of rotatable bonds is 5. The zero-order valence-electron chi connectivity index (χ0n) is 15.2. The Morgan fingerprint density at radius 2 is 1.62 bits per heavy atom. The topological polar surface area (TPSA) is 47.6 Å². The third-order valence-corrected chi connectivity index (χ3v) is 5.43. The number of methoxy groups -OCH3 is 2. The first-order valence-electron chi connectivity index (χ1n) is 8.88. The summed E-state index contributed by atoms with van der Waals surface area (Å²) in [5.74, 6) is 1.25. The predicted octanol–water partition coefficient (Wildman–Crippen LogP) is 5.20. The molecule has 0 unspecified atom stereocenters. The first-order chi connectivity index (χ1) is 12.6. The van der Waals surface area contributed by atoms with Gasteiger partial charge in [-0.05, 0) is 42.7 Å². The van der Waals surface area contributed by atoms with Crippen LogP contribution in [-0.2, 0) is 10.2 Å². The molecule has 2 aromatic carbocycles. The average Bonchev–Trinajstić information content (AvgIpc) is 2.68. The number of hydrogen-bond donors (Lipinski definition) is 1. The second-order valence-electron chi connectivity index (χ2n) is 6.67.